The number of methoxy groups -OCH3 is 2. The molecule has 0 aromatic heterocycles. The van der Waals surface area contributed by atoms with E-state index in [-0.39, 0.29) is 5.41 Å². The first-order chi connectivity index (χ1) is 31.8. The quantitative estimate of drug-likeness (QED) is 0.115. The molecule has 9 rings (SSSR count). The molecule has 0 N–H and O–H groups in total. The largest absolute Gasteiger partial charge is 0.497 e. The van der Waals surface area contributed by atoms with Crippen molar-refractivity contribution in [3.63, 3.8) is 0 Å². The van der Waals surface area contributed by atoms with Crippen LogP contribution in [-0.2, 0) is 11.8 Å². The molecular formula is C61H60N2O2. The minimum Gasteiger partial charge on any atom is -0.497 e. The third kappa shape index (κ3) is 8.91. The highest BCUT2D eigenvalue weighted by atomic mass is 16.5. The summed E-state index contributed by atoms with van der Waals surface area (Å²) in [4.78, 5) is 4.70. The Kier molecular flexibility index (Phi) is 12.6. The molecule has 1 aliphatic carbocycles. The maximum absolute atomic E-state index is 5.56. The molecule has 1 fully saturated rings. The van der Waals surface area contributed by atoms with Crippen LogP contribution in [0.1, 0.15) is 72.4 Å². The standard InChI is InChI=1S/C61H60N2O2/c1-7-46-11-13-47(14-12-46)48-15-23-53(24-16-48)62(57-31-35-59(64-5)36-32-57)55-27-19-51(20-28-55)61(39-9-8-10-40-61)52-21-29-56(30-22-52)63(58-33-37-60(65-6)38-34-58)54-25-17-49(18-26-54)50-41-43(2)45(4)44(3)42-50/h11-38,41-42H,7-10,39-40H2,1-6H3. The van der Waals surface area contributed by atoms with Crippen molar-refractivity contribution in [2.75, 3.05) is 24.0 Å². The zero-order valence-corrected chi connectivity index (χ0v) is 38.8. The molecule has 0 spiro atoms. The number of hydrogen-bond acceptors (Lipinski definition) is 4. The van der Waals surface area contributed by atoms with Gasteiger partial charge in [-0.15, -0.1) is 0 Å². The lowest BCUT2D eigenvalue weighted by molar-refractivity contribution is 0.346. The summed E-state index contributed by atoms with van der Waals surface area (Å²) in [6.07, 6.45) is 6.97. The van der Waals surface area contributed by atoms with Crippen LogP contribution in [-0.4, -0.2) is 14.2 Å². The molecule has 8 aromatic rings. The van der Waals surface area contributed by atoms with Gasteiger partial charge in [0, 0.05) is 39.5 Å². The first-order valence-electron chi connectivity index (χ1n) is 23.2. The molecule has 0 aliphatic heterocycles. The van der Waals surface area contributed by atoms with Crippen molar-refractivity contribution in [2.45, 2.75) is 71.6 Å². The minimum absolute atomic E-state index is 0.0773. The average Bonchev–Trinajstić information content (AvgIpc) is 3.37. The molecule has 8 aromatic carbocycles. The maximum Gasteiger partial charge on any atom is 0.119 e. The predicted octanol–water partition coefficient (Wildman–Crippen LogP) is 16.7. The van der Waals surface area contributed by atoms with E-state index in [2.05, 4.69) is 195 Å². The van der Waals surface area contributed by atoms with Crippen molar-refractivity contribution in [2.24, 2.45) is 0 Å². The number of rotatable bonds is 13. The fourth-order valence-corrected chi connectivity index (χ4v) is 9.86. The number of aryl methyl sites for hydroxylation is 3. The molecule has 0 heterocycles. The first-order valence-corrected chi connectivity index (χ1v) is 23.2. The number of nitrogens with zero attached hydrogens (tertiary/aromatic N) is 2. The summed E-state index contributed by atoms with van der Waals surface area (Å²) in [6, 6.07) is 67.0. The Morgan fingerprint density at radius 3 is 1.08 bits per heavy atom. The lowest BCUT2D eigenvalue weighted by Gasteiger charge is -2.39. The third-order valence-corrected chi connectivity index (χ3v) is 13.9. The van der Waals surface area contributed by atoms with E-state index in [0.717, 1.165) is 64.9 Å². The van der Waals surface area contributed by atoms with Gasteiger partial charge in [0.25, 0.3) is 0 Å². The van der Waals surface area contributed by atoms with Gasteiger partial charge in [0.2, 0.25) is 0 Å². The molecule has 0 bridgehead atoms. The second kappa shape index (κ2) is 19.0. The summed E-state index contributed by atoms with van der Waals surface area (Å²) in [6.45, 7) is 8.80. The van der Waals surface area contributed by atoms with Gasteiger partial charge in [-0.25, -0.2) is 0 Å². The summed E-state index contributed by atoms with van der Waals surface area (Å²) in [5.74, 6) is 1.68. The Bertz CT molecular complexity index is 2800. The zero-order chi connectivity index (χ0) is 44.9. The summed E-state index contributed by atoms with van der Waals surface area (Å²) < 4.78 is 11.1. The lowest BCUT2D eigenvalue weighted by Crippen LogP contribution is -2.30. The summed E-state index contributed by atoms with van der Waals surface area (Å²) >= 11 is 0. The van der Waals surface area contributed by atoms with E-state index in [1.165, 1.54) is 74.9 Å². The van der Waals surface area contributed by atoms with Gasteiger partial charge in [0.1, 0.15) is 11.5 Å². The van der Waals surface area contributed by atoms with Gasteiger partial charge in [-0.2, -0.15) is 0 Å². The fourth-order valence-electron chi connectivity index (χ4n) is 9.86. The number of anilines is 6. The first kappa shape index (κ1) is 43.2. The van der Waals surface area contributed by atoms with Crippen molar-refractivity contribution in [1.29, 1.82) is 0 Å². The van der Waals surface area contributed by atoms with Gasteiger partial charge in [-0.3, -0.25) is 0 Å². The SMILES string of the molecule is CCc1ccc(-c2ccc(N(c3ccc(OC)cc3)c3ccc(C4(c5ccc(N(c6ccc(OC)cc6)c6ccc(-c7cc(C)c(C)c(C)c7)cc6)cc5)CCCCC4)cc3)cc2)cc1. The van der Waals surface area contributed by atoms with Gasteiger partial charge in [-0.05, 0) is 193 Å². The van der Waals surface area contributed by atoms with E-state index in [1.54, 1.807) is 14.2 Å². The van der Waals surface area contributed by atoms with Gasteiger partial charge in [-0.1, -0.05) is 111 Å². The van der Waals surface area contributed by atoms with E-state index in [9.17, 15) is 0 Å². The Balaban J connectivity index is 1.04. The zero-order valence-electron chi connectivity index (χ0n) is 38.8. The molecule has 4 heteroatoms. The molecule has 1 aliphatic rings. The molecule has 4 nitrogen and oxygen atoms in total. The van der Waals surface area contributed by atoms with Crippen molar-refractivity contribution in [3.05, 3.63) is 215 Å². The molecule has 65 heavy (non-hydrogen) atoms. The summed E-state index contributed by atoms with van der Waals surface area (Å²) in [7, 11) is 3.44. The molecular weight excluding hydrogens is 793 g/mol. The van der Waals surface area contributed by atoms with Crippen molar-refractivity contribution < 1.29 is 9.47 Å². The monoisotopic (exact) mass is 852 g/mol. The van der Waals surface area contributed by atoms with Crippen molar-refractivity contribution in [3.8, 4) is 33.8 Å². The molecule has 0 saturated heterocycles. The number of benzene rings is 8. The molecule has 1 saturated carbocycles. The van der Waals surface area contributed by atoms with Crippen LogP contribution in [0.2, 0.25) is 0 Å². The fraction of sp³-hybridized carbons (Fsp3) is 0.213. The molecule has 0 atom stereocenters. The molecule has 0 radical (unpaired) electrons. The van der Waals surface area contributed by atoms with Crippen LogP contribution >= 0.6 is 0 Å². The average molecular weight is 853 g/mol. The smallest absolute Gasteiger partial charge is 0.119 e. The van der Waals surface area contributed by atoms with E-state index in [1.807, 2.05) is 24.3 Å². The van der Waals surface area contributed by atoms with E-state index in [4.69, 9.17) is 9.47 Å². The van der Waals surface area contributed by atoms with Crippen LogP contribution in [0.25, 0.3) is 22.3 Å². The highest BCUT2D eigenvalue weighted by Gasteiger charge is 2.36. The van der Waals surface area contributed by atoms with Crippen LogP contribution in [0, 0.1) is 20.8 Å². The predicted molar refractivity (Wildman–Crippen MR) is 274 cm³/mol. The van der Waals surface area contributed by atoms with Crippen LogP contribution in [0.3, 0.4) is 0 Å². The summed E-state index contributed by atoms with van der Waals surface area (Å²) in [5.41, 5.74) is 19.5. The Morgan fingerprint density at radius 1 is 0.400 bits per heavy atom. The molecule has 0 unspecified atom stereocenters. The topological polar surface area (TPSA) is 24.9 Å². The Morgan fingerprint density at radius 2 is 0.723 bits per heavy atom. The highest BCUT2D eigenvalue weighted by Crippen LogP contribution is 2.47. The maximum atomic E-state index is 5.56. The van der Waals surface area contributed by atoms with Crippen LogP contribution in [0.15, 0.2) is 182 Å². The Labute approximate surface area is 386 Å². The second-order valence-corrected chi connectivity index (χ2v) is 17.7. The number of ether oxygens (including phenoxy) is 2. The molecule has 326 valence electrons. The molecule has 0 amide bonds. The van der Waals surface area contributed by atoms with E-state index < -0.39 is 0 Å². The van der Waals surface area contributed by atoms with Crippen LogP contribution < -0.4 is 19.3 Å². The lowest BCUT2D eigenvalue weighted by atomic mass is 9.65. The van der Waals surface area contributed by atoms with Gasteiger partial charge in [0.05, 0.1) is 14.2 Å². The highest BCUT2D eigenvalue weighted by molar-refractivity contribution is 5.81. The van der Waals surface area contributed by atoms with Gasteiger partial charge < -0.3 is 19.3 Å². The van der Waals surface area contributed by atoms with E-state index >= 15 is 0 Å². The normalized spacial score (nSPS) is 13.3. The minimum atomic E-state index is -0.0773. The van der Waals surface area contributed by atoms with Crippen LogP contribution in [0.5, 0.6) is 11.5 Å². The second-order valence-electron chi connectivity index (χ2n) is 17.7. The van der Waals surface area contributed by atoms with E-state index in [0.29, 0.717) is 0 Å². The number of hydrogen-bond donors (Lipinski definition) is 0. The van der Waals surface area contributed by atoms with Gasteiger partial charge >= 0.3 is 0 Å². The van der Waals surface area contributed by atoms with Crippen LogP contribution in [0.4, 0.5) is 34.1 Å². The Hall–Kier alpha value is -7.04. The van der Waals surface area contributed by atoms with Crippen molar-refractivity contribution in [1.82, 2.24) is 0 Å². The van der Waals surface area contributed by atoms with Crippen molar-refractivity contribution >= 4 is 34.1 Å². The third-order valence-electron chi connectivity index (χ3n) is 13.9. The summed E-state index contributed by atoms with van der Waals surface area (Å²) in [5, 5.41) is 0. The van der Waals surface area contributed by atoms with Gasteiger partial charge in [0.15, 0.2) is 0 Å².